The Hall–Kier alpha value is -0.540. The van der Waals surface area contributed by atoms with E-state index in [1.165, 1.54) is 11.3 Å². The first-order valence-corrected chi connectivity index (χ1v) is 6.45. The highest BCUT2D eigenvalue weighted by molar-refractivity contribution is 7.13. The molecule has 1 aromatic heterocycles. The summed E-state index contributed by atoms with van der Waals surface area (Å²) >= 11 is 7.18. The minimum absolute atomic E-state index is 0.0186. The van der Waals surface area contributed by atoms with Crippen LogP contribution in [-0.4, -0.2) is 17.8 Å². The van der Waals surface area contributed by atoms with E-state index in [4.69, 9.17) is 11.6 Å². The Balaban J connectivity index is 2.54. The molecule has 0 saturated carbocycles. The van der Waals surface area contributed by atoms with Crippen LogP contribution in [-0.2, 0) is 0 Å². The zero-order valence-electron chi connectivity index (χ0n) is 9.05. The highest BCUT2D eigenvalue weighted by Crippen LogP contribution is 2.15. The lowest BCUT2D eigenvalue weighted by Crippen LogP contribution is -2.34. The number of thiophene rings is 1. The quantitative estimate of drug-likeness (QED) is 0.794. The number of nitrogens with one attached hydrogen (secondary N) is 1. The summed E-state index contributed by atoms with van der Waals surface area (Å²) in [6, 6.07) is 4.02. The van der Waals surface area contributed by atoms with Crippen LogP contribution in [0.5, 0.6) is 0 Å². The topological polar surface area (TPSA) is 29.1 Å². The monoisotopic (exact) mass is 245 g/mol. The van der Waals surface area contributed by atoms with Gasteiger partial charge in [0.1, 0.15) is 0 Å². The summed E-state index contributed by atoms with van der Waals surface area (Å²) in [5, 5.41) is 2.98. The highest BCUT2D eigenvalue weighted by atomic mass is 35.5. The van der Waals surface area contributed by atoms with E-state index in [0.717, 1.165) is 22.6 Å². The average Bonchev–Trinajstić information content (AvgIpc) is 2.64. The maximum absolute atomic E-state index is 11.8. The van der Waals surface area contributed by atoms with Crippen molar-refractivity contribution in [1.29, 1.82) is 0 Å². The van der Waals surface area contributed by atoms with Crippen molar-refractivity contribution in [2.24, 2.45) is 0 Å². The Morgan fingerprint density at radius 3 is 2.80 bits per heavy atom. The van der Waals surface area contributed by atoms with Gasteiger partial charge in [0.25, 0.3) is 5.91 Å². The van der Waals surface area contributed by atoms with Crippen molar-refractivity contribution in [3.63, 3.8) is 0 Å². The smallest absolute Gasteiger partial charge is 0.261 e. The Morgan fingerprint density at radius 2 is 2.33 bits per heavy atom. The molecule has 2 nitrogen and oxygen atoms in total. The van der Waals surface area contributed by atoms with Crippen molar-refractivity contribution in [2.75, 3.05) is 5.88 Å². The van der Waals surface area contributed by atoms with Crippen LogP contribution >= 0.6 is 22.9 Å². The maximum Gasteiger partial charge on any atom is 0.261 e. The summed E-state index contributed by atoms with van der Waals surface area (Å²) in [6.45, 7) is 4.05. The van der Waals surface area contributed by atoms with E-state index in [2.05, 4.69) is 12.2 Å². The molecular weight excluding hydrogens is 230 g/mol. The number of hydrogen-bond donors (Lipinski definition) is 1. The highest BCUT2D eigenvalue weighted by Gasteiger charge is 2.12. The number of carbonyl (C=O) groups excluding carboxylic acids is 1. The zero-order chi connectivity index (χ0) is 11.3. The molecular formula is C11H16ClNOS. The van der Waals surface area contributed by atoms with E-state index in [9.17, 15) is 4.79 Å². The summed E-state index contributed by atoms with van der Waals surface area (Å²) in [5.41, 5.74) is 0. The number of rotatable bonds is 5. The predicted molar refractivity (Wildman–Crippen MR) is 65.9 cm³/mol. The number of carbonyl (C=O) groups is 1. The third kappa shape index (κ3) is 3.84. The fraction of sp³-hybridized carbons (Fsp3) is 0.545. The van der Waals surface area contributed by atoms with Crippen molar-refractivity contribution < 1.29 is 4.79 Å². The van der Waals surface area contributed by atoms with Gasteiger partial charge in [0.05, 0.1) is 4.88 Å². The fourth-order valence-corrected chi connectivity index (χ4v) is 2.36. The largest absolute Gasteiger partial charge is 0.349 e. The first-order chi connectivity index (χ1) is 7.17. The molecule has 1 unspecified atom stereocenters. The van der Waals surface area contributed by atoms with Crippen molar-refractivity contribution in [2.45, 2.75) is 32.7 Å². The van der Waals surface area contributed by atoms with Gasteiger partial charge < -0.3 is 5.32 Å². The van der Waals surface area contributed by atoms with Crippen LogP contribution in [0.25, 0.3) is 0 Å². The Bertz CT molecular complexity index is 324. The molecule has 0 spiro atoms. The molecule has 1 heterocycles. The molecule has 4 heteroatoms. The van der Waals surface area contributed by atoms with Crippen molar-refractivity contribution >= 4 is 28.8 Å². The molecule has 0 aliphatic carbocycles. The fourth-order valence-electron chi connectivity index (χ4n) is 1.32. The molecule has 0 fully saturated rings. The molecule has 1 rings (SSSR count). The summed E-state index contributed by atoms with van der Waals surface area (Å²) < 4.78 is 0. The Kier molecular flexibility index (Phi) is 5.12. The average molecular weight is 246 g/mol. The number of alkyl halides is 1. The van der Waals surface area contributed by atoms with Gasteiger partial charge in [-0.05, 0) is 31.9 Å². The van der Waals surface area contributed by atoms with Gasteiger partial charge in [-0.2, -0.15) is 0 Å². The molecule has 1 N–H and O–H groups in total. The SMILES string of the molecule is CCC(CCCl)NC(=O)c1ccc(C)s1. The van der Waals surface area contributed by atoms with E-state index in [1.54, 1.807) is 0 Å². The third-order valence-corrected chi connectivity index (χ3v) is 3.47. The summed E-state index contributed by atoms with van der Waals surface area (Å²) in [4.78, 5) is 13.7. The van der Waals surface area contributed by atoms with Gasteiger partial charge in [-0.25, -0.2) is 0 Å². The summed E-state index contributed by atoms with van der Waals surface area (Å²) in [7, 11) is 0. The number of aryl methyl sites for hydroxylation is 1. The van der Waals surface area contributed by atoms with Gasteiger partial charge in [0.2, 0.25) is 0 Å². The molecule has 1 amide bonds. The van der Waals surface area contributed by atoms with Crippen LogP contribution in [0.2, 0.25) is 0 Å². The number of halogens is 1. The molecule has 1 atom stereocenters. The first-order valence-electron chi connectivity index (χ1n) is 5.10. The Labute approximate surface area is 99.6 Å². The maximum atomic E-state index is 11.8. The van der Waals surface area contributed by atoms with Gasteiger partial charge in [-0.15, -0.1) is 22.9 Å². The molecule has 0 aliphatic heterocycles. The molecule has 15 heavy (non-hydrogen) atoms. The molecule has 1 aromatic rings. The van der Waals surface area contributed by atoms with Crippen LogP contribution in [0.15, 0.2) is 12.1 Å². The zero-order valence-corrected chi connectivity index (χ0v) is 10.6. The van der Waals surface area contributed by atoms with Gasteiger partial charge in [-0.3, -0.25) is 4.79 Å². The molecule has 84 valence electrons. The van der Waals surface area contributed by atoms with Gasteiger partial charge in [0.15, 0.2) is 0 Å². The standard InChI is InChI=1S/C11H16ClNOS/c1-3-9(6-7-12)13-11(14)10-5-4-8(2)15-10/h4-5,9H,3,6-7H2,1-2H3,(H,13,14). The Morgan fingerprint density at radius 1 is 1.60 bits per heavy atom. The summed E-state index contributed by atoms with van der Waals surface area (Å²) in [6.07, 6.45) is 1.75. The van der Waals surface area contributed by atoms with Gasteiger partial charge in [0, 0.05) is 16.8 Å². The molecule has 0 aliphatic rings. The summed E-state index contributed by atoms with van der Waals surface area (Å²) in [5.74, 6) is 0.604. The number of amides is 1. The van der Waals surface area contributed by atoms with E-state index in [1.807, 2.05) is 19.1 Å². The third-order valence-electron chi connectivity index (χ3n) is 2.25. The van der Waals surface area contributed by atoms with E-state index >= 15 is 0 Å². The predicted octanol–water partition coefficient (Wildman–Crippen LogP) is 3.19. The normalized spacial score (nSPS) is 12.5. The van der Waals surface area contributed by atoms with Crippen LogP contribution in [0.1, 0.15) is 34.3 Å². The lowest BCUT2D eigenvalue weighted by atomic mass is 10.2. The second-order valence-electron chi connectivity index (χ2n) is 3.47. The van der Waals surface area contributed by atoms with Crippen molar-refractivity contribution in [3.8, 4) is 0 Å². The van der Waals surface area contributed by atoms with Crippen molar-refractivity contribution in [3.05, 3.63) is 21.9 Å². The van der Waals surface area contributed by atoms with Crippen molar-refractivity contribution in [1.82, 2.24) is 5.32 Å². The first kappa shape index (κ1) is 12.5. The van der Waals surface area contributed by atoms with Gasteiger partial charge >= 0.3 is 0 Å². The van der Waals surface area contributed by atoms with Crippen LogP contribution < -0.4 is 5.32 Å². The van der Waals surface area contributed by atoms with E-state index < -0.39 is 0 Å². The minimum atomic E-state index is 0.0186. The molecule has 0 aromatic carbocycles. The lowest BCUT2D eigenvalue weighted by Gasteiger charge is -2.14. The van der Waals surface area contributed by atoms with Crippen LogP contribution in [0.3, 0.4) is 0 Å². The van der Waals surface area contributed by atoms with Gasteiger partial charge in [-0.1, -0.05) is 6.92 Å². The molecule has 0 radical (unpaired) electrons. The lowest BCUT2D eigenvalue weighted by molar-refractivity contribution is 0.0939. The minimum Gasteiger partial charge on any atom is -0.349 e. The molecule has 0 bridgehead atoms. The van der Waals surface area contributed by atoms with Crippen LogP contribution in [0.4, 0.5) is 0 Å². The molecule has 0 saturated heterocycles. The van der Waals surface area contributed by atoms with E-state index in [-0.39, 0.29) is 11.9 Å². The van der Waals surface area contributed by atoms with Crippen LogP contribution in [0, 0.1) is 6.92 Å². The van der Waals surface area contributed by atoms with E-state index in [0.29, 0.717) is 5.88 Å². The second-order valence-corrected chi connectivity index (χ2v) is 5.13. The number of hydrogen-bond acceptors (Lipinski definition) is 2. The second kappa shape index (κ2) is 6.13.